The SMILES string of the molecule is CCCNCC(=O)NC1CCC(=O)NC1. The summed E-state index contributed by atoms with van der Waals surface area (Å²) < 4.78 is 0. The van der Waals surface area contributed by atoms with Gasteiger partial charge in [0.1, 0.15) is 0 Å². The number of hydrogen-bond donors (Lipinski definition) is 3. The van der Waals surface area contributed by atoms with Crippen molar-refractivity contribution in [3.8, 4) is 0 Å². The third-order valence-corrected chi connectivity index (χ3v) is 2.34. The van der Waals surface area contributed by atoms with Crippen LogP contribution >= 0.6 is 0 Å². The number of carbonyl (C=O) groups is 2. The molecule has 2 amide bonds. The molecule has 0 aromatic heterocycles. The van der Waals surface area contributed by atoms with Crippen LogP contribution in [-0.2, 0) is 9.59 Å². The molecule has 1 aliphatic rings. The average molecular weight is 213 g/mol. The number of nitrogens with one attached hydrogen (secondary N) is 3. The van der Waals surface area contributed by atoms with Crippen LogP contribution in [0.2, 0.25) is 0 Å². The van der Waals surface area contributed by atoms with E-state index in [9.17, 15) is 9.59 Å². The van der Waals surface area contributed by atoms with Gasteiger partial charge in [0, 0.05) is 19.0 Å². The van der Waals surface area contributed by atoms with E-state index in [0.717, 1.165) is 19.4 Å². The van der Waals surface area contributed by atoms with E-state index in [-0.39, 0.29) is 17.9 Å². The van der Waals surface area contributed by atoms with E-state index >= 15 is 0 Å². The summed E-state index contributed by atoms with van der Waals surface area (Å²) in [5.74, 6) is 0.0780. The van der Waals surface area contributed by atoms with Gasteiger partial charge in [0.25, 0.3) is 0 Å². The maximum atomic E-state index is 11.4. The number of piperidine rings is 1. The highest BCUT2D eigenvalue weighted by Gasteiger charge is 2.18. The van der Waals surface area contributed by atoms with Crippen molar-refractivity contribution in [2.75, 3.05) is 19.6 Å². The van der Waals surface area contributed by atoms with Gasteiger partial charge in [-0.2, -0.15) is 0 Å². The molecular weight excluding hydrogens is 194 g/mol. The van der Waals surface area contributed by atoms with E-state index in [2.05, 4.69) is 22.9 Å². The highest BCUT2D eigenvalue weighted by Crippen LogP contribution is 2.01. The first-order valence-corrected chi connectivity index (χ1v) is 5.49. The van der Waals surface area contributed by atoms with Crippen molar-refractivity contribution >= 4 is 11.8 Å². The molecule has 0 aliphatic carbocycles. The molecule has 0 saturated carbocycles. The van der Waals surface area contributed by atoms with E-state index in [0.29, 0.717) is 19.5 Å². The molecule has 5 nitrogen and oxygen atoms in total. The first-order valence-electron chi connectivity index (χ1n) is 5.49. The zero-order chi connectivity index (χ0) is 11.1. The quantitative estimate of drug-likeness (QED) is 0.533. The van der Waals surface area contributed by atoms with Gasteiger partial charge in [0.05, 0.1) is 6.54 Å². The van der Waals surface area contributed by atoms with Gasteiger partial charge in [0.15, 0.2) is 0 Å². The summed E-state index contributed by atoms with van der Waals surface area (Å²) in [6, 6.07) is 0.0960. The van der Waals surface area contributed by atoms with Gasteiger partial charge in [-0.05, 0) is 19.4 Å². The molecule has 1 unspecified atom stereocenters. The van der Waals surface area contributed by atoms with Gasteiger partial charge in [-0.15, -0.1) is 0 Å². The molecule has 1 fully saturated rings. The molecule has 86 valence electrons. The minimum atomic E-state index is 0.00426. The second-order valence-electron chi connectivity index (χ2n) is 3.78. The fourth-order valence-electron chi connectivity index (χ4n) is 1.51. The molecule has 0 aromatic carbocycles. The Morgan fingerprint density at radius 3 is 3.00 bits per heavy atom. The van der Waals surface area contributed by atoms with Gasteiger partial charge in [-0.25, -0.2) is 0 Å². The van der Waals surface area contributed by atoms with Gasteiger partial charge in [0.2, 0.25) is 11.8 Å². The van der Waals surface area contributed by atoms with Crippen molar-refractivity contribution in [3.05, 3.63) is 0 Å². The fourth-order valence-corrected chi connectivity index (χ4v) is 1.51. The van der Waals surface area contributed by atoms with Crippen molar-refractivity contribution in [2.45, 2.75) is 32.2 Å². The molecule has 1 aliphatic heterocycles. The second kappa shape index (κ2) is 6.40. The molecule has 0 spiro atoms. The van der Waals surface area contributed by atoms with Crippen LogP contribution < -0.4 is 16.0 Å². The number of amides is 2. The predicted molar refractivity (Wildman–Crippen MR) is 57.3 cm³/mol. The summed E-state index contributed by atoms with van der Waals surface area (Å²) in [5.41, 5.74) is 0. The minimum Gasteiger partial charge on any atom is -0.354 e. The molecule has 5 heteroatoms. The number of carbonyl (C=O) groups excluding carboxylic acids is 2. The lowest BCUT2D eigenvalue weighted by Gasteiger charge is -2.23. The standard InChI is InChI=1S/C10H19N3O2/c1-2-5-11-7-10(15)13-8-3-4-9(14)12-6-8/h8,11H,2-7H2,1H3,(H,12,14)(H,13,15). The third-order valence-electron chi connectivity index (χ3n) is 2.34. The van der Waals surface area contributed by atoms with E-state index in [1.165, 1.54) is 0 Å². The largest absolute Gasteiger partial charge is 0.354 e. The monoisotopic (exact) mass is 213 g/mol. The molecule has 1 atom stereocenters. The average Bonchev–Trinajstić information content (AvgIpc) is 2.22. The number of hydrogen-bond acceptors (Lipinski definition) is 3. The molecule has 3 N–H and O–H groups in total. The molecular formula is C10H19N3O2. The Bertz CT molecular complexity index is 221. The maximum Gasteiger partial charge on any atom is 0.234 e. The third kappa shape index (κ3) is 4.78. The van der Waals surface area contributed by atoms with Crippen molar-refractivity contribution in [1.29, 1.82) is 0 Å². The Labute approximate surface area is 90.0 Å². The summed E-state index contributed by atoms with van der Waals surface area (Å²) in [4.78, 5) is 22.3. The Hall–Kier alpha value is -1.10. The lowest BCUT2D eigenvalue weighted by Crippen LogP contribution is -2.49. The van der Waals surface area contributed by atoms with Crippen LogP contribution in [0.1, 0.15) is 26.2 Å². The van der Waals surface area contributed by atoms with Gasteiger partial charge in [-0.1, -0.05) is 6.92 Å². The highest BCUT2D eigenvalue weighted by molar-refractivity contribution is 5.80. The van der Waals surface area contributed by atoms with E-state index in [4.69, 9.17) is 0 Å². The Kier molecular flexibility index (Phi) is 5.10. The molecule has 1 saturated heterocycles. The molecule has 0 bridgehead atoms. The second-order valence-corrected chi connectivity index (χ2v) is 3.78. The van der Waals surface area contributed by atoms with Crippen LogP contribution in [0.15, 0.2) is 0 Å². The summed E-state index contributed by atoms with van der Waals surface area (Å²) in [6.45, 7) is 3.83. The van der Waals surface area contributed by atoms with Crippen LogP contribution in [0.5, 0.6) is 0 Å². The topological polar surface area (TPSA) is 70.2 Å². The smallest absolute Gasteiger partial charge is 0.234 e. The maximum absolute atomic E-state index is 11.4. The molecule has 15 heavy (non-hydrogen) atoms. The first kappa shape index (κ1) is 12.0. The zero-order valence-corrected chi connectivity index (χ0v) is 9.14. The predicted octanol–water partition coefficient (Wildman–Crippen LogP) is -0.619. The van der Waals surface area contributed by atoms with E-state index in [1.54, 1.807) is 0 Å². The van der Waals surface area contributed by atoms with Crippen LogP contribution in [0.3, 0.4) is 0 Å². The lowest BCUT2D eigenvalue weighted by atomic mass is 10.1. The lowest BCUT2D eigenvalue weighted by molar-refractivity contribution is -0.125. The normalized spacial score (nSPS) is 20.9. The first-order chi connectivity index (χ1) is 7.22. The number of rotatable bonds is 5. The van der Waals surface area contributed by atoms with Crippen LogP contribution in [0.4, 0.5) is 0 Å². The highest BCUT2D eigenvalue weighted by atomic mass is 16.2. The summed E-state index contributed by atoms with van der Waals surface area (Å²) >= 11 is 0. The van der Waals surface area contributed by atoms with Crippen molar-refractivity contribution < 1.29 is 9.59 Å². The Morgan fingerprint density at radius 1 is 1.60 bits per heavy atom. The molecule has 1 heterocycles. The van der Waals surface area contributed by atoms with Gasteiger partial charge >= 0.3 is 0 Å². The Morgan fingerprint density at radius 2 is 2.40 bits per heavy atom. The van der Waals surface area contributed by atoms with E-state index in [1.807, 2.05) is 0 Å². The van der Waals surface area contributed by atoms with Crippen LogP contribution in [0.25, 0.3) is 0 Å². The summed E-state index contributed by atoms with van der Waals surface area (Å²) in [6.07, 6.45) is 2.27. The van der Waals surface area contributed by atoms with Gasteiger partial charge in [-0.3, -0.25) is 9.59 Å². The van der Waals surface area contributed by atoms with E-state index < -0.39 is 0 Å². The minimum absolute atomic E-state index is 0.00426. The van der Waals surface area contributed by atoms with Crippen molar-refractivity contribution in [1.82, 2.24) is 16.0 Å². The van der Waals surface area contributed by atoms with Crippen molar-refractivity contribution in [3.63, 3.8) is 0 Å². The fraction of sp³-hybridized carbons (Fsp3) is 0.800. The molecule has 0 radical (unpaired) electrons. The van der Waals surface area contributed by atoms with Crippen LogP contribution in [-0.4, -0.2) is 37.5 Å². The van der Waals surface area contributed by atoms with Crippen LogP contribution in [0, 0.1) is 0 Å². The Balaban J connectivity index is 2.12. The molecule has 0 aromatic rings. The summed E-state index contributed by atoms with van der Waals surface area (Å²) in [5, 5.41) is 8.65. The zero-order valence-electron chi connectivity index (χ0n) is 9.14. The summed E-state index contributed by atoms with van der Waals surface area (Å²) in [7, 11) is 0. The molecule has 1 rings (SSSR count). The van der Waals surface area contributed by atoms with Gasteiger partial charge < -0.3 is 16.0 Å². The van der Waals surface area contributed by atoms with Crippen molar-refractivity contribution in [2.24, 2.45) is 0 Å².